The molecule has 5 heteroatoms. The Morgan fingerprint density at radius 2 is 2.00 bits per heavy atom. The third kappa shape index (κ3) is 2.95. The van der Waals surface area contributed by atoms with Crippen LogP contribution in [0.5, 0.6) is 5.88 Å². The molecule has 1 aliphatic carbocycles. The molecular weight excluding hydrogens is 288 g/mol. The normalized spacial score (nSPS) is 16.0. The number of H-pyrrole nitrogens is 1. The molecule has 1 heterocycles. The maximum Gasteiger partial charge on any atom is 0.262 e. The van der Waals surface area contributed by atoms with Crippen LogP contribution in [-0.4, -0.2) is 15.1 Å². The Bertz CT molecular complexity index is 706. The highest BCUT2D eigenvalue weighted by molar-refractivity contribution is 6.30. The molecule has 0 atom stereocenters. The van der Waals surface area contributed by atoms with Crippen LogP contribution in [0.15, 0.2) is 29.1 Å². The van der Waals surface area contributed by atoms with E-state index in [0.29, 0.717) is 16.4 Å². The van der Waals surface area contributed by atoms with Gasteiger partial charge in [-0.2, -0.15) is 4.98 Å². The van der Waals surface area contributed by atoms with Crippen LogP contribution in [0.2, 0.25) is 5.02 Å². The Kier molecular flexibility index (Phi) is 3.97. The molecule has 1 fully saturated rings. The number of nitrogens with zero attached hydrogens (tertiary/aromatic N) is 1. The van der Waals surface area contributed by atoms with Crippen LogP contribution < -0.4 is 5.56 Å². The van der Waals surface area contributed by atoms with Gasteiger partial charge < -0.3 is 10.1 Å². The van der Waals surface area contributed by atoms with Gasteiger partial charge in [0.2, 0.25) is 5.88 Å². The molecule has 4 nitrogen and oxygen atoms in total. The van der Waals surface area contributed by atoms with Crippen molar-refractivity contribution < 1.29 is 5.11 Å². The molecule has 0 saturated heterocycles. The molecule has 0 aliphatic heterocycles. The average molecular weight is 305 g/mol. The number of halogens is 1. The SMILES string of the molecule is O=c1[nH]c(C2CCCCC2)nc(O)c1-c1cccc(Cl)c1. The second-order valence-electron chi connectivity index (χ2n) is 5.50. The van der Waals surface area contributed by atoms with Crippen molar-refractivity contribution in [2.45, 2.75) is 38.0 Å². The van der Waals surface area contributed by atoms with Gasteiger partial charge in [0.25, 0.3) is 5.56 Å². The van der Waals surface area contributed by atoms with Crippen molar-refractivity contribution in [1.82, 2.24) is 9.97 Å². The van der Waals surface area contributed by atoms with Gasteiger partial charge in [-0.05, 0) is 30.5 Å². The lowest BCUT2D eigenvalue weighted by Crippen LogP contribution is -2.18. The summed E-state index contributed by atoms with van der Waals surface area (Å²) in [5.74, 6) is 0.621. The molecule has 2 N–H and O–H groups in total. The summed E-state index contributed by atoms with van der Waals surface area (Å²) in [6, 6.07) is 6.84. The van der Waals surface area contributed by atoms with E-state index in [4.69, 9.17) is 11.6 Å². The summed E-state index contributed by atoms with van der Waals surface area (Å²) >= 11 is 5.94. The number of aromatic nitrogens is 2. The molecular formula is C16H17ClN2O2. The van der Waals surface area contributed by atoms with Crippen LogP contribution >= 0.6 is 11.6 Å². The minimum atomic E-state index is -0.314. The van der Waals surface area contributed by atoms with Crippen molar-refractivity contribution in [3.8, 4) is 17.0 Å². The number of hydrogen-bond acceptors (Lipinski definition) is 3. The number of aromatic hydroxyl groups is 1. The van der Waals surface area contributed by atoms with E-state index in [0.717, 1.165) is 25.7 Å². The predicted octanol–water partition coefficient (Wildman–Crippen LogP) is 3.84. The summed E-state index contributed by atoms with van der Waals surface area (Å²) in [6.45, 7) is 0. The molecule has 1 aromatic heterocycles. The summed E-state index contributed by atoms with van der Waals surface area (Å²) in [5.41, 5.74) is 0.436. The van der Waals surface area contributed by atoms with Crippen molar-refractivity contribution in [1.29, 1.82) is 0 Å². The molecule has 1 aromatic carbocycles. The Morgan fingerprint density at radius 1 is 1.24 bits per heavy atom. The Morgan fingerprint density at radius 3 is 2.67 bits per heavy atom. The standard InChI is InChI=1S/C16H17ClN2O2/c17-12-8-4-7-11(9-12)13-15(20)18-14(19-16(13)21)10-5-2-1-3-6-10/h4,7-10H,1-3,5-6H2,(H2,18,19,20,21). The van der Waals surface area contributed by atoms with E-state index < -0.39 is 0 Å². The summed E-state index contributed by atoms with van der Waals surface area (Å²) < 4.78 is 0. The molecule has 0 amide bonds. The van der Waals surface area contributed by atoms with E-state index in [1.807, 2.05) is 0 Å². The number of nitrogens with one attached hydrogen (secondary N) is 1. The highest BCUT2D eigenvalue weighted by atomic mass is 35.5. The van der Waals surface area contributed by atoms with Crippen molar-refractivity contribution in [2.24, 2.45) is 0 Å². The van der Waals surface area contributed by atoms with Gasteiger partial charge in [-0.1, -0.05) is 43.0 Å². The van der Waals surface area contributed by atoms with Crippen molar-refractivity contribution in [2.75, 3.05) is 0 Å². The van der Waals surface area contributed by atoms with Gasteiger partial charge in [-0.25, -0.2) is 0 Å². The summed E-state index contributed by atoms with van der Waals surface area (Å²) in [5, 5.41) is 10.7. The second-order valence-corrected chi connectivity index (χ2v) is 5.93. The second kappa shape index (κ2) is 5.90. The van der Waals surface area contributed by atoms with Gasteiger partial charge in [0, 0.05) is 10.9 Å². The third-order valence-electron chi connectivity index (χ3n) is 4.02. The highest BCUT2D eigenvalue weighted by Crippen LogP contribution is 2.32. The van der Waals surface area contributed by atoms with Crippen LogP contribution in [0.4, 0.5) is 0 Å². The number of benzene rings is 1. The zero-order valence-electron chi connectivity index (χ0n) is 11.6. The third-order valence-corrected chi connectivity index (χ3v) is 4.26. The molecule has 2 aromatic rings. The van der Waals surface area contributed by atoms with E-state index in [2.05, 4.69) is 9.97 Å². The molecule has 0 spiro atoms. The predicted molar refractivity (Wildman–Crippen MR) is 82.8 cm³/mol. The minimum Gasteiger partial charge on any atom is -0.493 e. The molecule has 1 aliphatic rings. The molecule has 21 heavy (non-hydrogen) atoms. The Hall–Kier alpha value is -1.81. The Balaban J connectivity index is 2.02. The summed E-state index contributed by atoms with van der Waals surface area (Å²) in [6.07, 6.45) is 5.54. The van der Waals surface area contributed by atoms with E-state index >= 15 is 0 Å². The first-order chi connectivity index (χ1) is 10.1. The van der Waals surface area contributed by atoms with E-state index in [9.17, 15) is 9.90 Å². The molecule has 0 bridgehead atoms. The largest absolute Gasteiger partial charge is 0.493 e. The summed E-state index contributed by atoms with van der Waals surface area (Å²) in [4.78, 5) is 19.4. The lowest BCUT2D eigenvalue weighted by molar-refractivity contribution is 0.410. The monoisotopic (exact) mass is 304 g/mol. The molecule has 3 rings (SSSR count). The van der Waals surface area contributed by atoms with Crippen molar-refractivity contribution >= 4 is 11.6 Å². The van der Waals surface area contributed by atoms with E-state index in [1.165, 1.54) is 6.42 Å². The summed E-state index contributed by atoms with van der Waals surface area (Å²) in [7, 11) is 0. The first kappa shape index (κ1) is 14.1. The van der Waals surface area contributed by atoms with Crippen molar-refractivity contribution in [3.63, 3.8) is 0 Å². The Labute approximate surface area is 127 Å². The first-order valence-corrected chi connectivity index (χ1v) is 7.62. The average Bonchev–Trinajstić information content (AvgIpc) is 2.47. The number of aromatic amines is 1. The fraction of sp³-hybridized carbons (Fsp3) is 0.375. The quantitative estimate of drug-likeness (QED) is 0.885. The van der Waals surface area contributed by atoms with Gasteiger partial charge in [0.15, 0.2) is 0 Å². The van der Waals surface area contributed by atoms with Gasteiger partial charge >= 0.3 is 0 Å². The molecule has 0 radical (unpaired) electrons. The molecule has 1 saturated carbocycles. The number of hydrogen-bond donors (Lipinski definition) is 2. The number of rotatable bonds is 2. The lowest BCUT2D eigenvalue weighted by Gasteiger charge is -2.20. The first-order valence-electron chi connectivity index (χ1n) is 7.24. The molecule has 0 unspecified atom stereocenters. The zero-order chi connectivity index (χ0) is 14.8. The van der Waals surface area contributed by atoms with Crippen LogP contribution in [0.1, 0.15) is 43.8 Å². The van der Waals surface area contributed by atoms with Crippen LogP contribution in [0, 0.1) is 0 Å². The minimum absolute atomic E-state index is 0.178. The van der Waals surface area contributed by atoms with Crippen LogP contribution in [-0.2, 0) is 0 Å². The fourth-order valence-electron chi connectivity index (χ4n) is 2.95. The highest BCUT2D eigenvalue weighted by Gasteiger charge is 2.21. The lowest BCUT2D eigenvalue weighted by atomic mass is 9.88. The van der Waals surface area contributed by atoms with Gasteiger partial charge in [-0.15, -0.1) is 0 Å². The van der Waals surface area contributed by atoms with Gasteiger partial charge in [0.1, 0.15) is 11.4 Å². The van der Waals surface area contributed by atoms with E-state index in [-0.39, 0.29) is 22.9 Å². The maximum atomic E-state index is 12.3. The van der Waals surface area contributed by atoms with Crippen LogP contribution in [0.3, 0.4) is 0 Å². The zero-order valence-corrected chi connectivity index (χ0v) is 12.4. The molecule has 110 valence electrons. The van der Waals surface area contributed by atoms with Crippen LogP contribution in [0.25, 0.3) is 11.1 Å². The van der Waals surface area contributed by atoms with Gasteiger partial charge in [0.05, 0.1) is 0 Å². The topological polar surface area (TPSA) is 66.0 Å². The van der Waals surface area contributed by atoms with Gasteiger partial charge in [-0.3, -0.25) is 4.79 Å². The smallest absolute Gasteiger partial charge is 0.262 e. The fourth-order valence-corrected chi connectivity index (χ4v) is 3.14. The maximum absolute atomic E-state index is 12.3. The van der Waals surface area contributed by atoms with Crippen molar-refractivity contribution in [3.05, 3.63) is 45.5 Å². The van der Waals surface area contributed by atoms with E-state index in [1.54, 1.807) is 24.3 Å².